The molecule has 0 rings (SSSR count). The molecule has 9 nitrogen and oxygen atoms in total. The van der Waals surface area contributed by atoms with Crippen LogP contribution in [-0.2, 0) is 18.4 Å². The van der Waals surface area contributed by atoms with Crippen LogP contribution in [0, 0.1) is 0 Å². The predicted octanol–water partition coefficient (Wildman–Crippen LogP) is 13.2. The van der Waals surface area contributed by atoms with Crippen LogP contribution in [0.25, 0.3) is 0 Å². The van der Waals surface area contributed by atoms with Crippen molar-refractivity contribution >= 4 is 13.7 Å². The van der Waals surface area contributed by atoms with Gasteiger partial charge >= 0.3 is 7.82 Å². The van der Waals surface area contributed by atoms with E-state index in [4.69, 9.17) is 14.8 Å². The normalized spacial score (nSPS) is 15.0. The summed E-state index contributed by atoms with van der Waals surface area (Å²) in [7, 11) is -4.42. The number of phosphoric acid groups is 1. The van der Waals surface area contributed by atoms with Gasteiger partial charge in [-0.2, -0.15) is 0 Å². The average Bonchev–Trinajstić information content (AvgIpc) is 3.23. The van der Waals surface area contributed by atoms with Crippen molar-refractivity contribution in [3.8, 4) is 0 Å². The Balaban J connectivity index is 4.30. The lowest BCUT2D eigenvalue weighted by atomic mass is 10.0. The van der Waals surface area contributed by atoms with Gasteiger partial charge in [-0.15, -0.1) is 0 Å². The van der Waals surface area contributed by atoms with E-state index >= 15 is 0 Å². The van der Waals surface area contributed by atoms with Crippen LogP contribution in [0.5, 0.6) is 0 Å². The zero-order valence-electron chi connectivity index (χ0n) is 38.5. The number of unbranched alkanes of at least 4 members (excludes halogenated alkanes) is 23. The Hall–Kier alpha value is -1.84. The number of aliphatic hydroxyl groups is 2. The molecule has 0 saturated carbocycles. The molecule has 0 spiro atoms. The fourth-order valence-electron chi connectivity index (χ4n) is 6.95. The minimum atomic E-state index is -4.42. The summed E-state index contributed by atoms with van der Waals surface area (Å²) in [5, 5.41) is 24.1. The third-order valence-corrected chi connectivity index (χ3v) is 11.6. The van der Waals surface area contributed by atoms with Gasteiger partial charge in [0.1, 0.15) is 0 Å². The summed E-state index contributed by atoms with van der Waals surface area (Å²) in [5.74, 6) is -0.461. The minimum absolute atomic E-state index is 0.0405. The van der Waals surface area contributed by atoms with E-state index in [1.165, 1.54) is 122 Å². The molecule has 0 aliphatic carbocycles. The maximum atomic E-state index is 12.9. The van der Waals surface area contributed by atoms with Crippen LogP contribution in [0.1, 0.15) is 213 Å². The number of aliphatic hydroxyl groups excluding tert-OH is 2. The third kappa shape index (κ3) is 42.8. The van der Waals surface area contributed by atoms with Crippen molar-refractivity contribution < 1.29 is 33.5 Å². The Bertz CT molecular complexity index is 1140. The number of nitrogens with two attached hydrogens (primary N) is 1. The number of hydrogen-bond acceptors (Lipinski definition) is 7. The molecule has 0 saturated heterocycles. The fourth-order valence-corrected chi connectivity index (χ4v) is 7.71. The van der Waals surface area contributed by atoms with E-state index < -0.39 is 38.6 Å². The SMILES string of the molecule is CC/C=C\C/C=C\CCCCCCCCCCCCCCC(O)CC(=O)NC(COP(=O)(O)OCCN)C(O)/C=C/CC/C=C/CC/C=C/CCCCCCCCCCC. The van der Waals surface area contributed by atoms with Gasteiger partial charge in [0.25, 0.3) is 0 Å². The van der Waals surface area contributed by atoms with Crippen LogP contribution >= 0.6 is 7.82 Å². The fraction of sp³-hybridized carbons (Fsp3) is 0.780. The molecule has 0 aliphatic heterocycles. The third-order valence-electron chi connectivity index (χ3n) is 10.6. The molecule has 1 amide bonds. The average molecular weight is 865 g/mol. The van der Waals surface area contributed by atoms with Crippen LogP contribution in [-0.4, -0.2) is 59.0 Å². The van der Waals surface area contributed by atoms with Crippen molar-refractivity contribution in [1.29, 1.82) is 0 Å². The molecule has 0 heterocycles. The number of amides is 1. The molecule has 0 radical (unpaired) electrons. The maximum absolute atomic E-state index is 12.9. The molecule has 0 bridgehead atoms. The Morgan fingerprint density at radius 3 is 1.57 bits per heavy atom. The number of nitrogens with one attached hydrogen (secondary N) is 1. The first-order valence-electron chi connectivity index (χ1n) is 24.5. The van der Waals surface area contributed by atoms with Crippen LogP contribution in [0.15, 0.2) is 60.8 Å². The van der Waals surface area contributed by atoms with E-state index in [1.54, 1.807) is 6.08 Å². The molecule has 4 atom stereocenters. The van der Waals surface area contributed by atoms with E-state index in [9.17, 15) is 24.5 Å². The Morgan fingerprint density at radius 1 is 0.600 bits per heavy atom. The van der Waals surface area contributed by atoms with Crippen LogP contribution in [0.2, 0.25) is 0 Å². The van der Waals surface area contributed by atoms with Gasteiger partial charge in [0.05, 0.1) is 37.9 Å². The lowest BCUT2D eigenvalue weighted by Gasteiger charge is -2.24. The van der Waals surface area contributed by atoms with Gasteiger partial charge in [0, 0.05) is 6.54 Å². The van der Waals surface area contributed by atoms with Crippen molar-refractivity contribution in [3.63, 3.8) is 0 Å². The van der Waals surface area contributed by atoms with E-state index in [0.717, 1.165) is 57.8 Å². The zero-order valence-corrected chi connectivity index (χ0v) is 39.4. The van der Waals surface area contributed by atoms with Crippen LogP contribution in [0.4, 0.5) is 0 Å². The summed E-state index contributed by atoms with van der Waals surface area (Å²) in [5.41, 5.74) is 5.37. The second-order valence-corrected chi connectivity index (χ2v) is 17.9. The van der Waals surface area contributed by atoms with Crippen molar-refractivity contribution in [3.05, 3.63) is 60.8 Å². The van der Waals surface area contributed by atoms with Crippen molar-refractivity contribution in [2.24, 2.45) is 5.73 Å². The Morgan fingerprint density at radius 2 is 1.05 bits per heavy atom. The number of allylic oxidation sites excluding steroid dienone is 9. The number of carbonyl (C=O) groups excluding carboxylic acids is 1. The first-order chi connectivity index (χ1) is 29.3. The van der Waals surface area contributed by atoms with Gasteiger partial charge in [-0.1, -0.05) is 197 Å². The number of rotatable bonds is 45. The monoisotopic (exact) mass is 865 g/mol. The van der Waals surface area contributed by atoms with E-state index in [2.05, 4.69) is 67.8 Å². The minimum Gasteiger partial charge on any atom is -0.393 e. The van der Waals surface area contributed by atoms with E-state index in [0.29, 0.717) is 12.8 Å². The summed E-state index contributed by atoms with van der Waals surface area (Å²) < 4.78 is 22.1. The predicted molar refractivity (Wildman–Crippen MR) is 255 cm³/mol. The molecule has 350 valence electrons. The molecule has 0 fully saturated rings. The molecular weight excluding hydrogens is 772 g/mol. The van der Waals surface area contributed by atoms with Crippen LogP contribution in [0.3, 0.4) is 0 Å². The van der Waals surface area contributed by atoms with Gasteiger partial charge in [-0.25, -0.2) is 4.57 Å². The highest BCUT2D eigenvalue weighted by molar-refractivity contribution is 7.47. The van der Waals surface area contributed by atoms with E-state index in [1.807, 2.05) is 6.08 Å². The quantitative estimate of drug-likeness (QED) is 0.0231. The second kappa shape index (κ2) is 45.2. The zero-order chi connectivity index (χ0) is 44.0. The van der Waals surface area contributed by atoms with Crippen molar-refractivity contribution in [1.82, 2.24) is 5.32 Å². The molecule has 6 N–H and O–H groups in total. The molecule has 0 aromatic rings. The highest BCUT2D eigenvalue weighted by Crippen LogP contribution is 2.43. The molecule has 0 aromatic carbocycles. The van der Waals surface area contributed by atoms with Gasteiger partial charge in [-0.05, 0) is 70.6 Å². The highest BCUT2D eigenvalue weighted by Gasteiger charge is 2.27. The summed E-state index contributed by atoms with van der Waals surface area (Å²) >= 11 is 0. The maximum Gasteiger partial charge on any atom is 0.472 e. The lowest BCUT2D eigenvalue weighted by molar-refractivity contribution is -0.124. The largest absolute Gasteiger partial charge is 0.472 e. The first-order valence-corrected chi connectivity index (χ1v) is 26.0. The topological polar surface area (TPSA) is 151 Å². The molecule has 0 aliphatic rings. The van der Waals surface area contributed by atoms with Gasteiger partial charge in [-0.3, -0.25) is 13.8 Å². The summed E-state index contributed by atoms with van der Waals surface area (Å²) in [6, 6.07) is -1.01. The Kier molecular flexibility index (Phi) is 43.8. The summed E-state index contributed by atoms with van der Waals surface area (Å²) in [6.45, 7) is 3.85. The number of phosphoric ester groups is 1. The van der Waals surface area contributed by atoms with Crippen molar-refractivity contribution in [2.75, 3.05) is 19.8 Å². The molecule has 60 heavy (non-hydrogen) atoms. The number of hydrogen-bond donors (Lipinski definition) is 5. The summed E-state index contributed by atoms with van der Waals surface area (Å²) in [4.78, 5) is 22.8. The first kappa shape index (κ1) is 58.2. The van der Waals surface area contributed by atoms with Gasteiger partial charge in [0.15, 0.2) is 0 Å². The molecular formula is C50H93N2O7P. The van der Waals surface area contributed by atoms with E-state index in [-0.39, 0.29) is 19.6 Å². The standard InChI is InChI=1S/C50H93N2O7P/c1-3-5-7-9-11-13-15-17-19-21-23-25-27-29-31-33-35-37-39-41-47(53)45-50(55)52-48(46-59-60(56,57)58-44-43-51)49(54)42-40-38-36-34-32-30-28-26-24-22-20-18-16-14-12-10-8-6-4-2/h5,7,11,13,24,26,32,34,40,42,47-49,53-54H,3-4,6,8-10,12,14-23,25,27-31,33,35-39,41,43-46,51H2,1-2H3,(H,52,55)(H,56,57)/b7-5-,13-11-,26-24+,34-32+,42-40+. The molecule has 4 unspecified atom stereocenters. The molecule has 10 heteroatoms. The van der Waals surface area contributed by atoms with Gasteiger partial charge in [0.2, 0.25) is 5.91 Å². The van der Waals surface area contributed by atoms with Gasteiger partial charge < -0.3 is 26.2 Å². The number of carbonyl (C=O) groups is 1. The lowest BCUT2D eigenvalue weighted by Crippen LogP contribution is -2.46. The molecule has 0 aromatic heterocycles. The second-order valence-electron chi connectivity index (χ2n) is 16.5. The summed E-state index contributed by atoms with van der Waals surface area (Å²) in [6.07, 6.45) is 54.6. The van der Waals surface area contributed by atoms with Crippen molar-refractivity contribution in [2.45, 2.75) is 231 Å². The smallest absolute Gasteiger partial charge is 0.393 e. The Labute approximate surface area is 368 Å². The highest BCUT2D eigenvalue weighted by atomic mass is 31.2. The van der Waals surface area contributed by atoms with Crippen LogP contribution < -0.4 is 11.1 Å².